The largest absolute Gasteiger partial charge is 0.299 e. The first-order chi connectivity index (χ1) is 8.20. The number of rotatable bonds is 3. The van der Waals surface area contributed by atoms with Gasteiger partial charge in [0.2, 0.25) is 0 Å². The predicted octanol–water partition coefficient (Wildman–Crippen LogP) is 4.17. The summed E-state index contributed by atoms with van der Waals surface area (Å²) < 4.78 is 0.976. The quantitative estimate of drug-likeness (QED) is 0.828. The van der Waals surface area contributed by atoms with E-state index in [0.717, 1.165) is 15.6 Å². The summed E-state index contributed by atoms with van der Waals surface area (Å²) in [5, 5.41) is 0. The van der Waals surface area contributed by atoms with Crippen molar-refractivity contribution in [2.45, 2.75) is 12.8 Å². The molecule has 2 aromatic carbocycles. The highest BCUT2D eigenvalue weighted by Crippen LogP contribution is 2.30. The fourth-order valence-corrected chi connectivity index (χ4v) is 2.50. The van der Waals surface area contributed by atoms with Gasteiger partial charge in [0.15, 0.2) is 0 Å². The van der Waals surface area contributed by atoms with Gasteiger partial charge in [-0.1, -0.05) is 64.5 Å². The van der Waals surface area contributed by atoms with E-state index < -0.39 is 0 Å². The lowest BCUT2D eigenvalue weighted by Gasteiger charge is -2.16. The number of benzene rings is 2. The highest BCUT2D eigenvalue weighted by molar-refractivity contribution is 9.10. The first-order valence-corrected chi connectivity index (χ1v) is 6.29. The molecule has 2 rings (SSSR count). The zero-order valence-corrected chi connectivity index (χ0v) is 11.1. The van der Waals surface area contributed by atoms with Gasteiger partial charge >= 0.3 is 0 Å². The Morgan fingerprint density at radius 1 is 1.00 bits per heavy atom. The third-order valence-corrected chi connectivity index (χ3v) is 3.48. The van der Waals surface area contributed by atoms with E-state index in [-0.39, 0.29) is 11.7 Å². The molecule has 86 valence electrons. The van der Waals surface area contributed by atoms with Gasteiger partial charge in [0.05, 0.1) is 5.92 Å². The van der Waals surface area contributed by atoms with Crippen LogP contribution in [0.1, 0.15) is 24.0 Å². The molecule has 0 aliphatic carbocycles. The number of hydrogen-bond acceptors (Lipinski definition) is 1. The molecule has 0 N–H and O–H groups in total. The number of ketones is 1. The van der Waals surface area contributed by atoms with Crippen molar-refractivity contribution < 1.29 is 4.79 Å². The minimum Gasteiger partial charge on any atom is -0.299 e. The van der Waals surface area contributed by atoms with E-state index in [1.807, 2.05) is 54.6 Å². The average Bonchev–Trinajstić information content (AvgIpc) is 2.33. The molecule has 0 fully saturated rings. The molecule has 1 unspecified atom stereocenters. The molecule has 0 spiro atoms. The molecule has 0 amide bonds. The Morgan fingerprint density at radius 2 is 1.59 bits per heavy atom. The lowest BCUT2D eigenvalue weighted by Crippen LogP contribution is -2.11. The second kappa shape index (κ2) is 5.28. The van der Waals surface area contributed by atoms with Gasteiger partial charge in [-0.2, -0.15) is 0 Å². The van der Waals surface area contributed by atoms with Crippen LogP contribution >= 0.6 is 15.9 Å². The normalized spacial score (nSPS) is 12.1. The molecule has 0 radical (unpaired) electrons. The SMILES string of the molecule is CC(=O)C(c1ccccc1)c1ccccc1Br. The van der Waals surface area contributed by atoms with Crippen LogP contribution in [-0.2, 0) is 4.79 Å². The summed E-state index contributed by atoms with van der Waals surface area (Å²) in [5.74, 6) is -0.0325. The smallest absolute Gasteiger partial charge is 0.141 e. The summed E-state index contributed by atoms with van der Waals surface area (Å²) in [6.45, 7) is 1.64. The second-order valence-electron chi connectivity index (χ2n) is 3.98. The van der Waals surface area contributed by atoms with Gasteiger partial charge in [-0.05, 0) is 24.1 Å². The molecule has 2 aromatic rings. The van der Waals surface area contributed by atoms with E-state index in [4.69, 9.17) is 0 Å². The van der Waals surface area contributed by atoms with Crippen molar-refractivity contribution in [1.29, 1.82) is 0 Å². The molecule has 0 aliphatic heterocycles. The topological polar surface area (TPSA) is 17.1 Å². The van der Waals surface area contributed by atoms with Crippen molar-refractivity contribution in [1.82, 2.24) is 0 Å². The van der Waals surface area contributed by atoms with Crippen LogP contribution < -0.4 is 0 Å². The molecule has 1 nitrogen and oxygen atoms in total. The Hall–Kier alpha value is -1.41. The van der Waals surface area contributed by atoms with Crippen molar-refractivity contribution >= 4 is 21.7 Å². The molecular weight excluding hydrogens is 276 g/mol. The van der Waals surface area contributed by atoms with Crippen LogP contribution in [0.5, 0.6) is 0 Å². The highest BCUT2D eigenvalue weighted by Gasteiger charge is 2.20. The van der Waals surface area contributed by atoms with Crippen LogP contribution in [0.25, 0.3) is 0 Å². The van der Waals surface area contributed by atoms with E-state index in [0.29, 0.717) is 0 Å². The van der Waals surface area contributed by atoms with E-state index in [2.05, 4.69) is 15.9 Å². The van der Waals surface area contributed by atoms with E-state index in [1.54, 1.807) is 6.92 Å². The van der Waals surface area contributed by atoms with Crippen LogP contribution in [-0.4, -0.2) is 5.78 Å². The van der Waals surface area contributed by atoms with Crippen molar-refractivity contribution in [2.75, 3.05) is 0 Å². The predicted molar refractivity (Wildman–Crippen MR) is 73.1 cm³/mol. The Balaban J connectivity index is 2.51. The van der Waals surface area contributed by atoms with Crippen LogP contribution in [0, 0.1) is 0 Å². The summed E-state index contributed by atoms with van der Waals surface area (Å²) in [6.07, 6.45) is 0. The maximum Gasteiger partial charge on any atom is 0.141 e. The van der Waals surface area contributed by atoms with Crippen molar-refractivity contribution in [3.63, 3.8) is 0 Å². The number of carbonyl (C=O) groups is 1. The van der Waals surface area contributed by atoms with Gasteiger partial charge in [0.1, 0.15) is 5.78 Å². The van der Waals surface area contributed by atoms with Gasteiger partial charge in [0, 0.05) is 4.47 Å². The average molecular weight is 289 g/mol. The Labute approximate surface area is 110 Å². The number of halogens is 1. The Morgan fingerprint density at radius 3 is 2.18 bits per heavy atom. The summed E-state index contributed by atoms with van der Waals surface area (Å²) in [5.41, 5.74) is 2.05. The van der Waals surface area contributed by atoms with Gasteiger partial charge in [0.25, 0.3) is 0 Å². The maximum absolute atomic E-state index is 11.9. The molecule has 17 heavy (non-hydrogen) atoms. The maximum atomic E-state index is 11.9. The molecule has 2 heteroatoms. The zero-order chi connectivity index (χ0) is 12.3. The fourth-order valence-electron chi connectivity index (χ4n) is 1.99. The minimum absolute atomic E-state index is 0.156. The van der Waals surface area contributed by atoms with Crippen LogP contribution in [0.15, 0.2) is 59.1 Å². The first-order valence-electron chi connectivity index (χ1n) is 5.50. The van der Waals surface area contributed by atoms with E-state index in [1.165, 1.54) is 0 Å². The summed E-state index contributed by atoms with van der Waals surface area (Å²) >= 11 is 3.51. The van der Waals surface area contributed by atoms with Gasteiger partial charge in [-0.25, -0.2) is 0 Å². The lowest BCUT2D eigenvalue weighted by molar-refractivity contribution is -0.117. The van der Waals surface area contributed by atoms with Gasteiger partial charge < -0.3 is 0 Å². The summed E-state index contributed by atoms with van der Waals surface area (Å²) in [6, 6.07) is 17.7. The second-order valence-corrected chi connectivity index (χ2v) is 4.83. The summed E-state index contributed by atoms with van der Waals surface area (Å²) in [7, 11) is 0. The monoisotopic (exact) mass is 288 g/mol. The first kappa shape index (κ1) is 12.1. The molecule has 0 aliphatic rings. The molecule has 0 bridgehead atoms. The molecule has 1 atom stereocenters. The minimum atomic E-state index is -0.188. The highest BCUT2D eigenvalue weighted by atomic mass is 79.9. The zero-order valence-electron chi connectivity index (χ0n) is 9.56. The summed E-state index contributed by atoms with van der Waals surface area (Å²) in [4.78, 5) is 11.9. The number of carbonyl (C=O) groups excluding carboxylic acids is 1. The third kappa shape index (κ3) is 2.64. The fraction of sp³-hybridized carbons (Fsp3) is 0.133. The molecular formula is C15H13BrO. The molecule has 0 saturated carbocycles. The van der Waals surface area contributed by atoms with Crippen molar-refractivity contribution in [3.8, 4) is 0 Å². The van der Waals surface area contributed by atoms with Crippen LogP contribution in [0.2, 0.25) is 0 Å². The van der Waals surface area contributed by atoms with Crippen LogP contribution in [0.3, 0.4) is 0 Å². The van der Waals surface area contributed by atoms with Crippen LogP contribution in [0.4, 0.5) is 0 Å². The lowest BCUT2D eigenvalue weighted by atomic mass is 9.88. The molecule has 0 aromatic heterocycles. The molecule has 0 heterocycles. The number of hydrogen-bond donors (Lipinski definition) is 0. The van der Waals surface area contributed by atoms with E-state index in [9.17, 15) is 4.79 Å². The number of Topliss-reactive ketones (excluding diaryl/α,β-unsaturated/α-hetero) is 1. The Bertz CT molecular complexity index is 519. The van der Waals surface area contributed by atoms with Gasteiger partial charge in [-0.3, -0.25) is 4.79 Å². The van der Waals surface area contributed by atoms with E-state index >= 15 is 0 Å². The standard InChI is InChI=1S/C15H13BrO/c1-11(17)15(12-7-3-2-4-8-12)13-9-5-6-10-14(13)16/h2-10,15H,1H3. The third-order valence-electron chi connectivity index (χ3n) is 2.76. The molecule has 0 saturated heterocycles. The van der Waals surface area contributed by atoms with Crippen molar-refractivity contribution in [3.05, 3.63) is 70.2 Å². The van der Waals surface area contributed by atoms with Crippen molar-refractivity contribution in [2.24, 2.45) is 0 Å². The van der Waals surface area contributed by atoms with Gasteiger partial charge in [-0.15, -0.1) is 0 Å². The Kier molecular flexibility index (Phi) is 3.75.